The van der Waals surface area contributed by atoms with Crippen molar-refractivity contribution < 1.29 is 9.53 Å². The fraction of sp³-hybridized carbons (Fsp3) is 0.200. The number of hydrogen-bond acceptors (Lipinski definition) is 4. The average Bonchev–Trinajstić information content (AvgIpc) is 3.27. The number of halogens is 1. The molecule has 0 spiro atoms. The van der Waals surface area contributed by atoms with Crippen LogP contribution in [-0.4, -0.2) is 17.4 Å². The molecule has 0 saturated carbocycles. The number of benzene rings is 2. The molecule has 2 heterocycles. The van der Waals surface area contributed by atoms with E-state index in [0.29, 0.717) is 24.6 Å². The molecular formula is C20H17ClN2O2S. The van der Waals surface area contributed by atoms with Crippen LogP contribution < -0.4 is 9.64 Å². The zero-order chi connectivity index (χ0) is 17.9. The minimum atomic E-state index is 0.0619. The molecule has 2 aromatic carbocycles. The second kappa shape index (κ2) is 7.48. The maximum absolute atomic E-state index is 12.7. The van der Waals surface area contributed by atoms with Gasteiger partial charge in [-0.2, -0.15) is 0 Å². The molecule has 6 heteroatoms. The van der Waals surface area contributed by atoms with Crippen molar-refractivity contribution >= 4 is 34.5 Å². The molecule has 0 fully saturated rings. The first-order valence-corrected chi connectivity index (χ1v) is 9.65. The van der Waals surface area contributed by atoms with E-state index in [-0.39, 0.29) is 5.91 Å². The van der Waals surface area contributed by atoms with E-state index in [9.17, 15) is 4.79 Å². The third kappa shape index (κ3) is 3.74. The van der Waals surface area contributed by atoms with Crippen LogP contribution in [0.4, 0.5) is 5.69 Å². The molecule has 26 heavy (non-hydrogen) atoms. The van der Waals surface area contributed by atoms with Crippen LogP contribution in [0.5, 0.6) is 5.75 Å². The summed E-state index contributed by atoms with van der Waals surface area (Å²) in [6, 6.07) is 15.3. The molecule has 1 aliphatic heterocycles. The van der Waals surface area contributed by atoms with Crippen molar-refractivity contribution in [2.24, 2.45) is 0 Å². The molecule has 1 amide bonds. The first-order chi connectivity index (χ1) is 12.7. The topological polar surface area (TPSA) is 42.4 Å². The van der Waals surface area contributed by atoms with Gasteiger partial charge in [-0.25, -0.2) is 4.98 Å². The highest BCUT2D eigenvalue weighted by atomic mass is 35.5. The summed E-state index contributed by atoms with van der Waals surface area (Å²) in [7, 11) is 0. The van der Waals surface area contributed by atoms with Gasteiger partial charge in [0.1, 0.15) is 17.4 Å². The summed E-state index contributed by atoms with van der Waals surface area (Å²) in [6.45, 7) is 1.11. The van der Waals surface area contributed by atoms with Gasteiger partial charge in [0.2, 0.25) is 5.91 Å². The highest BCUT2D eigenvalue weighted by molar-refractivity contribution is 7.09. The van der Waals surface area contributed by atoms with Gasteiger partial charge in [0.25, 0.3) is 0 Å². The van der Waals surface area contributed by atoms with Gasteiger partial charge in [0.15, 0.2) is 0 Å². The Balaban J connectivity index is 1.38. The number of carbonyl (C=O) groups is 1. The number of ether oxygens (including phenoxy) is 1. The lowest BCUT2D eigenvalue weighted by atomic mass is 10.2. The highest BCUT2D eigenvalue weighted by Crippen LogP contribution is 2.31. The lowest BCUT2D eigenvalue weighted by Gasteiger charge is -2.16. The summed E-state index contributed by atoms with van der Waals surface area (Å²) in [4.78, 5) is 19.0. The average molecular weight is 385 g/mol. The molecule has 0 radical (unpaired) electrons. The smallest absolute Gasteiger partial charge is 0.233 e. The molecule has 0 unspecified atom stereocenters. The van der Waals surface area contributed by atoms with Crippen molar-refractivity contribution in [3.8, 4) is 5.75 Å². The number of rotatable bonds is 5. The molecule has 0 N–H and O–H groups in total. The first kappa shape index (κ1) is 17.1. The van der Waals surface area contributed by atoms with Gasteiger partial charge < -0.3 is 9.64 Å². The third-order valence-corrected chi connectivity index (χ3v) is 5.38. The molecule has 0 aliphatic carbocycles. The number of amides is 1. The van der Waals surface area contributed by atoms with E-state index < -0.39 is 0 Å². The number of aromatic nitrogens is 1. The lowest BCUT2D eigenvalue weighted by molar-refractivity contribution is -0.117. The van der Waals surface area contributed by atoms with Crippen LogP contribution in [0, 0.1) is 0 Å². The molecule has 4 nitrogen and oxygen atoms in total. The van der Waals surface area contributed by atoms with Crippen molar-refractivity contribution in [3.05, 3.63) is 75.2 Å². The fourth-order valence-corrected chi connectivity index (χ4v) is 3.94. The molecular weight excluding hydrogens is 368 g/mol. The van der Waals surface area contributed by atoms with Crippen molar-refractivity contribution in [2.45, 2.75) is 19.4 Å². The van der Waals surface area contributed by atoms with E-state index in [4.69, 9.17) is 16.3 Å². The van der Waals surface area contributed by atoms with Crippen molar-refractivity contribution in [1.29, 1.82) is 0 Å². The minimum Gasteiger partial charge on any atom is -0.486 e. The second-order valence-corrected chi connectivity index (χ2v) is 7.46. The largest absolute Gasteiger partial charge is 0.486 e. The predicted octanol–water partition coefficient (Wildman–Crippen LogP) is 4.51. The molecule has 3 aromatic rings. The third-order valence-electron chi connectivity index (χ3n) is 4.28. The number of thiazole rings is 1. The Bertz CT molecular complexity index is 927. The van der Waals surface area contributed by atoms with Crippen molar-refractivity contribution in [2.75, 3.05) is 11.4 Å². The normalized spacial score (nSPS) is 12.9. The Morgan fingerprint density at radius 1 is 1.23 bits per heavy atom. The van der Waals surface area contributed by atoms with Gasteiger partial charge in [-0.05, 0) is 42.3 Å². The van der Waals surface area contributed by atoms with Gasteiger partial charge in [0.05, 0.1) is 12.1 Å². The zero-order valence-corrected chi connectivity index (χ0v) is 15.6. The SMILES string of the molecule is O=C(Cc1csc(COc2ccccc2)n1)N1CCc2cc(Cl)ccc21. The maximum atomic E-state index is 12.7. The molecule has 0 saturated heterocycles. The Hall–Kier alpha value is -2.37. The quantitative estimate of drug-likeness (QED) is 0.650. The second-order valence-electron chi connectivity index (χ2n) is 6.08. The van der Waals surface area contributed by atoms with Gasteiger partial charge in [-0.1, -0.05) is 29.8 Å². The van der Waals surface area contributed by atoms with Crippen molar-refractivity contribution in [3.63, 3.8) is 0 Å². The van der Waals surface area contributed by atoms with E-state index >= 15 is 0 Å². The van der Waals surface area contributed by atoms with Crippen LogP contribution >= 0.6 is 22.9 Å². The summed E-state index contributed by atoms with van der Waals surface area (Å²) in [5, 5.41) is 3.51. The molecule has 1 aromatic heterocycles. The Kier molecular flexibility index (Phi) is 4.91. The van der Waals surface area contributed by atoms with Crippen LogP contribution in [-0.2, 0) is 24.2 Å². The summed E-state index contributed by atoms with van der Waals surface area (Å²) in [5.74, 6) is 0.875. The van der Waals surface area contributed by atoms with Gasteiger partial charge in [0, 0.05) is 22.6 Å². The number of anilines is 1. The number of para-hydroxylation sites is 1. The van der Waals surface area contributed by atoms with Gasteiger partial charge in [-0.15, -0.1) is 11.3 Å². The van der Waals surface area contributed by atoms with E-state index in [1.165, 1.54) is 11.3 Å². The zero-order valence-electron chi connectivity index (χ0n) is 14.0. The Labute approximate surface area is 161 Å². The maximum Gasteiger partial charge on any atom is 0.233 e. The van der Waals surface area contributed by atoms with Crippen molar-refractivity contribution in [1.82, 2.24) is 4.98 Å². The first-order valence-electron chi connectivity index (χ1n) is 8.39. The molecule has 4 rings (SSSR count). The number of fused-ring (bicyclic) bond motifs is 1. The van der Waals surface area contributed by atoms with E-state index in [2.05, 4.69) is 4.98 Å². The number of carbonyl (C=O) groups excluding carboxylic acids is 1. The summed E-state index contributed by atoms with van der Waals surface area (Å²) in [6.07, 6.45) is 1.14. The highest BCUT2D eigenvalue weighted by Gasteiger charge is 2.25. The minimum absolute atomic E-state index is 0.0619. The summed E-state index contributed by atoms with van der Waals surface area (Å²) >= 11 is 7.55. The lowest BCUT2D eigenvalue weighted by Crippen LogP contribution is -2.30. The fourth-order valence-electron chi connectivity index (χ4n) is 3.04. The van der Waals surface area contributed by atoms with E-state index in [1.54, 1.807) is 0 Å². The summed E-state index contributed by atoms with van der Waals surface area (Å²) < 4.78 is 5.71. The number of nitrogens with zero attached hydrogens (tertiary/aromatic N) is 2. The molecule has 0 atom stereocenters. The van der Waals surface area contributed by atoms with Crippen LogP contribution in [0.25, 0.3) is 0 Å². The van der Waals surface area contributed by atoms with Gasteiger partial charge in [-0.3, -0.25) is 4.79 Å². The molecule has 1 aliphatic rings. The molecule has 0 bridgehead atoms. The molecule has 132 valence electrons. The van der Waals surface area contributed by atoms with Crippen LogP contribution in [0.3, 0.4) is 0 Å². The summed E-state index contributed by atoms with van der Waals surface area (Å²) in [5.41, 5.74) is 2.87. The van der Waals surface area contributed by atoms with E-state index in [0.717, 1.165) is 34.1 Å². The van der Waals surface area contributed by atoms with Crippen LogP contribution in [0.15, 0.2) is 53.9 Å². The monoisotopic (exact) mass is 384 g/mol. The van der Waals surface area contributed by atoms with E-state index in [1.807, 2.05) is 58.8 Å². The standard InChI is InChI=1S/C20H17ClN2O2S/c21-15-6-7-18-14(10-15)8-9-23(18)20(24)11-16-13-26-19(22-16)12-25-17-4-2-1-3-5-17/h1-7,10,13H,8-9,11-12H2. The van der Waals surface area contributed by atoms with Gasteiger partial charge >= 0.3 is 0 Å². The number of hydrogen-bond donors (Lipinski definition) is 0. The van der Waals surface area contributed by atoms with Crippen LogP contribution in [0.2, 0.25) is 5.02 Å². The Morgan fingerprint density at radius 3 is 2.92 bits per heavy atom. The Morgan fingerprint density at radius 2 is 2.08 bits per heavy atom. The van der Waals surface area contributed by atoms with Crippen LogP contribution in [0.1, 0.15) is 16.3 Å². The predicted molar refractivity (Wildman–Crippen MR) is 104 cm³/mol.